The van der Waals surface area contributed by atoms with Crippen LogP contribution < -0.4 is 10.6 Å². The van der Waals surface area contributed by atoms with Crippen molar-refractivity contribution in [3.8, 4) is 0 Å². The molecule has 1 aliphatic rings. The molecular formula is C18H31IN4. The van der Waals surface area contributed by atoms with Crippen molar-refractivity contribution in [1.82, 2.24) is 15.5 Å². The number of aliphatic imine (C=N–C) groups is 1. The lowest BCUT2D eigenvalue weighted by atomic mass is 9.97. The molecule has 2 rings (SSSR count). The maximum Gasteiger partial charge on any atom is 0.191 e. The van der Waals surface area contributed by atoms with Gasteiger partial charge in [-0.2, -0.15) is 0 Å². The molecule has 1 aliphatic heterocycles. The fraction of sp³-hybridized carbons (Fsp3) is 0.611. The van der Waals surface area contributed by atoms with Gasteiger partial charge in [-0.25, -0.2) is 0 Å². The second-order valence-electron chi connectivity index (χ2n) is 6.24. The zero-order valence-corrected chi connectivity index (χ0v) is 16.9. The standard InChI is InChI=1S/C18H30N4.HI/c1-4-19-18(20-14-16-10-12-22(3)13-11-16)21-15(2)17-8-6-5-7-9-17;/h5-9,15-16H,4,10-14H2,1-3H3,(H2,19,20,21);1H. The number of hydrogen-bond donors (Lipinski definition) is 2. The number of nitrogens with one attached hydrogen (secondary N) is 2. The third-order valence-electron chi connectivity index (χ3n) is 4.34. The first-order chi connectivity index (χ1) is 10.7. The Labute approximate surface area is 158 Å². The smallest absolute Gasteiger partial charge is 0.191 e. The summed E-state index contributed by atoms with van der Waals surface area (Å²) in [5.41, 5.74) is 1.28. The summed E-state index contributed by atoms with van der Waals surface area (Å²) >= 11 is 0. The Hall–Kier alpha value is -0.820. The van der Waals surface area contributed by atoms with Gasteiger partial charge in [-0.15, -0.1) is 24.0 Å². The summed E-state index contributed by atoms with van der Waals surface area (Å²) in [7, 11) is 2.20. The van der Waals surface area contributed by atoms with Gasteiger partial charge in [-0.05, 0) is 58.3 Å². The molecule has 5 heteroatoms. The minimum Gasteiger partial charge on any atom is -0.357 e. The van der Waals surface area contributed by atoms with Crippen LogP contribution in [0, 0.1) is 5.92 Å². The highest BCUT2D eigenvalue weighted by atomic mass is 127. The second-order valence-corrected chi connectivity index (χ2v) is 6.24. The maximum absolute atomic E-state index is 4.80. The molecule has 0 radical (unpaired) electrons. The van der Waals surface area contributed by atoms with E-state index in [1.54, 1.807) is 0 Å². The fourth-order valence-corrected chi connectivity index (χ4v) is 2.82. The summed E-state index contributed by atoms with van der Waals surface area (Å²) in [6.45, 7) is 8.50. The third-order valence-corrected chi connectivity index (χ3v) is 4.34. The Morgan fingerprint density at radius 2 is 1.91 bits per heavy atom. The highest BCUT2D eigenvalue weighted by molar-refractivity contribution is 14.0. The highest BCUT2D eigenvalue weighted by Gasteiger charge is 2.16. The van der Waals surface area contributed by atoms with E-state index in [4.69, 9.17) is 4.99 Å². The Balaban J connectivity index is 0.00000264. The normalized spacial score (nSPS) is 18.1. The van der Waals surface area contributed by atoms with Gasteiger partial charge in [-0.3, -0.25) is 4.99 Å². The van der Waals surface area contributed by atoms with E-state index in [2.05, 4.69) is 66.8 Å². The molecule has 1 atom stereocenters. The minimum atomic E-state index is 0. The molecule has 4 nitrogen and oxygen atoms in total. The summed E-state index contributed by atoms with van der Waals surface area (Å²) in [5.74, 6) is 1.65. The van der Waals surface area contributed by atoms with Gasteiger partial charge in [0.25, 0.3) is 0 Å². The average molecular weight is 430 g/mol. The molecule has 0 saturated carbocycles. The van der Waals surface area contributed by atoms with E-state index in [1.165, 1.54) is 31.5 Å². The van der Waals surface area contributed by atoms with Gasteiger partial charge in [0.2, 0.25) is 0 Å². The van der Waals surface area contributed by atoms with Crippen molar-refractivity contribution >= 4 is 29.9 Å². The van der Waals surface area contributed by atoms with Crippen LogP contribution in [0.5, 0.6) is 0 Å². The molecule has 1 saturated heterocycles. The van der Waals surface area contributed by atoms with E-state index >= 15 is 0 Å². The van der Waals surface area contributed by atoms with Crippen LogP contribution in [0.15, 0.2) is 35.3 Å². The van der Waals surface area contributed by atoms with E-state index in [1.807, 2.05) is 0 Å². The molecule has 1 unspecified atom stereocenters. The Bertz CT molecular complexity index is 455. The lowest BCUT2D eigenvalue weighted by Gasteiger charge is -2.28. The summed E-state index contributed by atoms with van der Waals surface area (Å²) in [6.07, 6.45) is 2.52. The van der Waals surface area contributed by atoms with Crippen molar-refractivity contribution in [1.29, 1.82) is 0 Å². The van der Waals surface area contributed by atoms with E-state index in [0.29, 0.717) is 0 Å². The van der Waals surface area contributed by atoms with Crippen molar-refractivity contribution in [3.63, 3.8) is 0 Å². The first-order valence-corrected chi connectivity index (χ1v) is 8.47. The van der Waals surface area contributed by atoms with Crippen LogP contribution in [0.25, 0.3) is 0 Å². The lowest BCUT2D eigenvalue weighted by molar-refractivity contribution is 0.223. The van der Waals surface area contributed by atoms with Crippen molar-refractivity contribution in [2.75, 3.05) is 33.2 Å². The Kier molecular flexibility index (Phi) is 9.55. The topological polar surface area (TPSA) is 39.7 Å². The van der Waals surface area contributed by atoms with Gasteiger partial charge in [0.05, 0.1) is 6.04 Å². The van der Waals surface area contributed by atoms with Crippen LogP contribution in [-0.4, -0.2) is 44.1 Å². The molecular weight excluding hydrogens is 399 g/mol. The molecule has 0 aromatic heterocycles. The molecule has 0 spiro atoms. The quantitative estimate of drug-likeness (QED) is 0.428. The number of nitrogens with zero attached hydrogens (tertiary/aromatic N) is 2. The van der Waals surface area contributed by atoms with Gasteiger partial charge in [0.1, 0.15) is 0 Å². The molecule has 23 heavy (non-hydrogen) atoms. The third kappa shape index (κ3) is 7.08. The first-order valence-electron chi connectivity index (χ1n) is 8.47. The number of benzene rings is 1. The van der Waals surface area contributed by atoms with Crippen LogP contribution in [0.3, 0.4) is 0 Å². The molecule has 0 amide bonds. The summed E-state index contributed by atoms with van der Waals surface area (Å²) < 4.78 is 0. The Morgan fingerprint density at radius 1 is 1.26 bits per heavy atom. The first kappa shape index (κ1) is 20.2. The number of halogens is 1. The Morgan fingerprint density at radius 3 is 2.52 bits per heavy atom. The summed E-state index contributed by atoms with van der Waals surface area (Å²) in [5, 5.41) is 6.87. The monoisotopic (exact) mass is 430 g/mol. The van der Waals surface area contributed by atoms with Crippen LogP contribution in [0.1, 0.15) is 38.3 Å². The van der Waals surface area contributed by atoms with Crippen molar-refractivity contribution in [3.05, 3.63) is 35.9 Å². The van der Waals surface area contributed by atoms with Crippen LogP contribution in [0.4, 0.5) is 0 Å². The van der Waals surface area contributed by atoms with E-state index in [0.717, 1.165) is 25.0 Å². The van der Waals surface area contributed by atoms with Crippen LogP contribution >= 0.6 is 24.0 Å². The van der Waals surface area contributed by atoms with E-state index in [-0.39, 0.29) is 30.0 Å². The van der Waals surface area contributed by atoms with Crippen LogP contribution in [-0.2, 0) is 0 Å². The molecule has 0 bridgehead atoms. The SMILES string of the molecule is CCNC(=NCC1CCN(C)CC1)NC(C)c1ccccc1.I. The molecule has 1 aromatic rings. The van der Waals surface area contributed by atoms with Crippen LogP contribution in [0.2, 0.25) is 0 Å². The molecule has 2 N–H and O–H groups in total. The number of likely N-dealkylation sites (tertiary alicyclic amines) is 1. The minimum absolute atomic E-state index is 0. The summed E-state index contributed by atoms with van der Waals surface area (Å²) in [6, 6.07) is 10.8. The number of hydrogen-bond acceptors (Lipinski definition) is 2. The average Bonchev–Trinajstić information content (AvgIpc) is 2.55. The molecule has 0 aliphatic carbocycles. The second kappa shape index (κ2) is 10.9. The summed E-state index contributed by atoms with van der Waals surface area (Å²) in [4.78, 5) is 7.21. The predicted molar refractivity (Wildman–Crippen MR) is 110 cm³/mol. The largest absolute Gasteiger partial charge is 0.357 e. The zero-order chi connectivity index (χ0) is 15.8. The number of rotatable bonds is 5. The van der Waals surface area contributed by atoms with E-state index in [9.17, 15) is 0 Å². The maximum atomic E-state index is 4.80. The number of piperidine rings is 1. The van der Waals surface area contributed by atoms with Gasteiger partial charge >= 0.3 is 0 Å². The lowest BCUT2D eigenvalue weighted by Crippen LogP contribution is -2.39. The van der Waals surface area contributed by atoms with E-state index < -0.39 is 0 Å². The van der Waals surface area contributed by atoms with Gasteiger partial charge in [0.15, 0.2) is 5.96 Å². The predicted octanol–water partition coefficient (Wildman–Crippen LogP) is 3.26. The molecule has 1 aromatic carbocycles. The van der Waals surface area contributed by atoms with Crippen molar-refractivity contribution in [2.24, 2.45) is 10.9 Å². The molecule has 1 heterocycles. The molecule has 1 fully saturated rings. The van der Waals surface area contributed by atoms with Gasteiger partial charge in [0, 0.05) is 13.1 Å². The zero-order valence-electron chi connectivity index (χ0n) is 14.6. The van der Waals surface area contributed by atoms with Crippen molar-refractivity contribution in [2.45, 2.75) is 32.7 Å². The van der Waals surface area contributed by atoms with Gasteiger partial charge < -0.3 is 15.5 Å². The fourth-order valence-electron chi connectivity index (χ4n) is 2.82. The van der Waals surface area contributed by atoms with Gasteiger partial charge in [-0.1, -0.05) is 30.3 Å². The molecule has 130 valence electrons. The van der Waals surface area contributed by atoms with Crippen molar-refractivity contribution < 1.29 is 0 Å². The highest BCUT2D eigenvalue weighted by Crippen LogP contribution is 2.16. The number of guanidine groups is 1.